The Kier molecular flexibility index (Phi) is 2.04. The molecule has 1 fully saturated rings. The van der Waals surface area contributed by atoms with Crippen molar-refractivity contribution in [3.63, 3.8) is 0 Å². The zero-order chi connectivity index (χ0) is 7.07. The van der Waals surface area contributed by atoms with Crippen molar-refractivity contribution in [2.75, 3.05) is 0 Å². The van der Waals surface area contributed by atoms with Gasteiger partial charge in [-0.2, -0.15) is 0 Å². The number of aliphatic hydroxyl groups excluding tert-OH is 1. The van der Waals surface area contributed by atoms with Gasteiger partial charge >= 0.3 is 0 Å². The van der Waals surface area contributed by atoms with Crippen LogP contribution in [0.25, 0.3) is 0 Å². The summed E-state index contributed by atoms with van der Waals surface area (Å²) in [6, 6.07) is 0. The molecule has 1 aliphatic rings. The minimum Gasteiger partial charge on any atom is -0.390 e. The van der Waals surface area contributed by atoms with Crippen molar-refractivity contribution in [2.45, 2.75) is 36.9 Å². The Hall–Kier alpha value is 0.660. The molecule has 1 saturated heterocycles. The second-order valence-electron chi connectivity index (χ2n) is 2.93. The molecule has 9 heavy (non-hydrogen) atoms. The first-order valence-corrected chi connectivity index (χ1v) is 5.28. The van der Waals surface area contributed by atoms with Crippen LogP contribution in [0.15, 0.2) is 0 Å². The van der Waals surface area contributed by atoms with Gasteiger partial charge in [-0.1, -0.05) is 21.6 Å². The fourth-order valence-corrected chi connectivity index (χ4v) is 3.91. The Morgan fingerprint density at radius 1 is 1.44 bits per heavy atom. The zero-order valence-electron chi connectivity index (χ0n) is 5.92. The van der Waals surface area contributed by atoms with Gasteiger partial charge < -0.3 is 5.11 Å². The van der Waals surface area contributed by atoms with Gasteiger partial charge in [-0.3, -0.25) is 0 Å². The third-order valence-corrected chi connectivity index (χ3v) is 5.39. The first-order valence-electron chi connectivity index (χ1n) is 3.06. The van der Waals surface area contributed by atoms with Gasteiger partial charge in [0, 0.05) is 10.00 Å². The molecule has 0 aromatic rings. The van der Waals surface area contributed by atoms with E-state index in [1.54, 1.807) is 21.6 Å². The van der Waals surface area contributed by atoms with E-state index in [0.717, 1.165) is 0 Å². The number of hydrogen-bond donors (Lipinski definition) is 1. The van der Waals surface area contributed by atoms with Crippen LogP contribution >= 0.6 is 21.6 Å². The Labute approximate surface area is 64.0 Å². The van der Waals surface area contributed by atoms with Crippen molar-refractivity contribution >= 4 is 21.6 Å². The maximum atomic E-state index is 9.48. The molecule has 0 aromatic heterocycles. The van der Waals surface area contributed by atoms with Gasteiger partial charge in [-0.05, 0) is 20.8 Å². The van der Waals surface area contributed by atoms with E-state index in [1.165, 1.54) is 0 Å². The van der Waals surface area contributed by atoms with E-state index in [4.69, 9.17) is 0 Å². The van der Waals surface area contributed by atoms with Crippen LogP contribution < -0.4 is 0 Å². The molecule has 0 saturated carbocycles. The molecule has 2 atom stereocenters. The van der Waals surface area contributed by atoms with Crippen molar-refractivity contribution in [1.82, 2.24) is 0 Å². The smallest absolute Gasteiger partial charge is 0.0813 e. The highest BCUT2D eigenvalue weighted by Gasteiger charge is 2.40. The monoisotopic (exact) mass is 164 g/mol. The van der Waals surface area contributed by atoms with Gasteiger partial charge in [0.1, 0.15) is 0 Å². The minimum absolute atomic E-state index is 0.0596. The second-order valence-corrected chi connectivity index (χ2v) is 6.17. The molecule has 1 rings (SSSR count). The summed E-state index contributed by atoms with van der Waals surface area (Å²) >= 11 is 0. The fourth-order valence-electron chi connectivity index (χ4n) is 0.867. The van der Waals surface area contributed by atoms with Crippen molar-refractivity contribution in [2.24, 2.45) is 0 Å². The molecule has 0 aliphatic carbocycles. The van der Waals surface area contributed by atoms with Crippen LogP contribution in [0.2, 0.25) is 0 Å². The van der Waals surface area contributed by atoms with Gasteiger partial charge in [0.2, 0.25) is 0 Å². The van der Waals surface area contributed by atoms with Crippen LogP contribution in [-0.4, -0.2) is 21.2 Å². The molecular weight excluding hydrogens is 152 g/mol. The third kappa shape index (κ3) is 1.38. The lowest BCUT2D eigenvalue weighted by Gasteiger charge is -2.20. The van der Waals surface area contributed by atoms with Crippen molar-refractivity contribution in [1.29, 1.82) is 0 Å². The topological polar surface area (TPSA) is 20.2 Å². The Morgan fingerprint density at radius 3 is 2.11 bits per heavy atom. The summed E-state index contributed by atoms with van der Waals surface area (Å²) in [5, 5.41) is 9.88. The largest absolute Gasteiger partial charge is 0.390 e. The van der Waals surface area contributed by atoms with Crippen LogP contribution in [0, 0.1) is 0 Å². The molecule has 0 radical (unpaired) electrons. The summed E-state index contributed by atoms with van der Waals surface area (Å²) in [6.45, 7) is 6.23. The summed E-state index contributed by atoms with van der Waals surface area (Å²) in [6.07, 6.45) is -0.146. The summed E-state index contributed by atoms with van der Waals surface area (Å²) in [7, 11) is 3.56. The number of hydrogen-bond acceptors (Lipinski definition) is 3. The third-order valence-electron chi connectivity index (χ3n) is 1.57. The summed E-state index contributed by atoms with van der Waals surface area (Å²) in [5.41, 5.74) is 0. The molecule has 0 bridgehead atoms. The molecule has 0 spiro atoms. The zero-order valence-corrected chi connectivity index (χ0v) is 7.55. The Bertz CT molecular complexity index is 114. The number of aliphatic hydroxyl groups is 1. The van der Waals surface area contributed by atoms with Gasteiger partial charge in [0.25, 0.3) is 0 Å². The summed E-state index contributed by atoms with van der Waals surface area (Å²) in [4.78, 5) is 0. The Balaban J connectivity index is 2.62. The maximum absolute atomic E-state index is 9.48. The molecular formula is C6H12OS2. The first kappa shape index (κ1) is 7.76. The predicted octanol–water partition coefficient (Wildman–Crippen LogP) is 1.91. The summed E-state index contributed by atoms with van der Waals surface area (Å²) in [5.74, 6) is 0. The van der Waals surface area contributed by atoms with Gasteiger partial charge in [0.15, 0.2) is 0 Å². The highest BCUT2D eigenvalue weighted by atomic mass is 33.1. The molecule has 54 valence electrons. The van der Waals surface area contributed by atoms with E-state index in [-0.39, 0.29) is 10.9 Å². The second kappa shape index (κ2) is 2.36. The predicted molar refractivity (Wildman–Crippen MR) is 44.7 cm³/mol. The molecule has 0 unspecified atom stereocenters. The fraction of sp³-hybridized carbons (Fsp3) is 1.00. The van der Waals surface area contributed by atoms with Crippen LogP contribution in [-0.2, 0) is 0 Å². The van der Waals surface area contributed by atoms with E-state index < -0.39 is 0 Å². The molecule has 0 amide bonds. The SMILES string of the molecule is C[C@@H]1SSC(C)(C)[C@@H]1O. The van der Waals surface area contributed by atoms with E-state index in [9.17, 15) is 5.11 Å². The van der Waals surface area contributed by atoms with Gasteiger partial charge in [0.05, 0.1) is 6.10 Å². The number of rotatable bonds is 0. The average molecular weight is 164 g/mol. The van der Waals surface area contributed by atoms with E-state index in [0.29, 0.717) is 5.25 Å². The van der Waals surface area contributed by atoms with Crippen LogP contribution in [0.5, 0.6) is 0 Å². The molecule has 1 N–H and O–H groups in total. The highest BCUT2D eigenvalue weighted by molar-refractivity contribution is 8.77. The molecule has 1 nitrogen and oxygen atoms in total. The van der Waals surface area contributed by atoms with E-state index >= 15 is 0 Å². The van der Waals surface area contributed by atoms with Crippen LogP contribution in [0.3, 0.4) is 0 Å². The van der Waals surface area contributed by atoms with E-state index in [1.807, 2.05) is 0 Å². The van der Waals surface area contributed by atoms with Crippen molar-refractivity contribution < 1.29 is 5.11 Å². The van der Waals surface area contributed by atoms with Gasteiger partial charge in [-0.25, -0.2) is 0 Å². The molecule has 1 aliphatic heterocycles. The molecule has 0 aromatic carbocycles. The maximum Gasteiger partial charge on any atom is 0.0813 e. The lowest BCUT2D eigenvalue weighted by Crippen LogP contribution is -2.33. The Morgan fingerprint density at radius 2 is 2.00 bits per heavy atom. The average Bonchev–Trinajstić information content (AvgIpc) is 1.97. The van der Waals surface area contributed by atoms with E-state index in [2.05, 4.69) is 20.8 Å². The minimum atomic E-state index is -0.146. The molecule has 3 heteroatoms. The standard InChI is InChI=1S/C6H12OS2/c1-4-5(7)6(2,3)9-8-4/h4-5,7H,1-3H3/t4-,5+/m0/s1. The van der Waals surface area contributed by atoms with Crippen molar-refractivity contribution in [3.05, 3.63) is 0 Å². The normalized spacial score (nSPS) is 41.3. The first-order chi connectivity index (χ1) is 4.04. The van der Waals surface area contributed by atoms with Crippen molar-refractivity contribution in [3.8, 4) is 0 Å². The van der Waals surface area contributed by atoms with Crippen LogP contribution in [0.1, 0.15) is 20.8 Å². The lowest BCUT2D eigenvalue weighted by atomic mass is 10.0. The lowest BCUT2D eigenvalue weighted by molar-refractivity contribution is 0.147. The van der Waals surface area contributed by atoms with Crippen LogP contribution in [0.4, 0.5) is 0 Å². The quantitative estimate of drug-likeness (QED) is 0.552. The molecule has 1 heterocycles. The summed E-state index contributed by atoms with van der Waals surface area (Å²) < 4.78 is 0.0596. The highest BCUT2D eigenvalue weighted by Crippen LogP contribution is 2.50. The van der Waals surface area contributed by atoms with Gasteiger partial charge in [-0.15, -0.1) is 0 Å².